The van der Waals surface area contributed by atoms with Crippen molar-refractivity contribution in [1.82, 2.24) is 15.0 Å². The molecule has 22 heavy (non-hydrogen) atoms. The van der Waals surface area contributed by atoms with Gasteiger partial charge in [-0.1, -0.05) is 18.7 Å². The minimum atomic E-state index is -0.253. The highest BCUT2D eigenvalue weighted by Gasteiger charge is 2.13. The normalized spacial score (nSPS) is 10.4. The van der Waals surface area contributed by atoms with Crippen molar-refractivity contribution in [3.05, 3.63) is 49.4 Å². The zero-order chi connectivity index (χ0) is 15.5. The van der Waals surface area contributed by atoms with Gasteiger partial charge in [0.05, 0.1) is 12.5 Å². The number of amides is 1. The van der Waals surface area contributed by atoms with Crippen LogP contribution in [0.15, 0.2) is 49.4 Å². The Morgan fingerprint density at radius 1 is 1.41 bits per heavy atom. The molecule has 1 amide bonds. The summed E-state index contributed by atoms with van der Waals surface area (Å²) in [5, 5.41) is 3.54. The fourth-order valence-corrected chi connectivity index (χ4v) is 2.27. The molecule has 0 saturated heterocycles. The van der Waals surface area contributed by atoms with Crippen molar-refractivity contribution in [1.29, 1.82) is 0 Å². The molecular formula is C16H14N4O2. The monoisotopic (exact) mass is 294 g/mol. The minimum Gasteiger partial charge on any atom is -0.480 e. The quantitative estimate of drug-likeness (QED) is 0.725. The molecule has 0 aliphatic heterocycles. The first-order valence-corrected chi connectivity index (χ1v) is 6.63. The molecule has 0 aliphatic rings. The number of aromatic amines is 1. The molecule has 2 heterocycles. The molecule has 0 fully saturated rings. The van der Waals surface area contributed by atoms with Crippen LogP contribution in [0.3, 0.4) is 0 Å². The number of methoxy groups -OCH3 is 1. The lowest BCUT2D eigenvalue weighted by Gasteiger charge is -2.06. The van der Waals surface area contributed by atoms with Gasteiger partial charge in [-0.05, 0) is 23.8 Å². The standard InChI is InChI=1S/C16H14N4O2/c1-3-13(21)20-11-6-4-5-10(7-11)12-8-17-15-14(12)16(22-2)19-9-18-15/h3-9H,1H2,2H3,(H,20,21)(H,17,18,19). The Morgan fingerprint density at radius 3 is 3.05 bits per heavy atom. The summed E-state index contributed by atoms with van der Waals surface area (Å²) in [7, 11) is 1.57. The fourth-order valence-electron chi connectivity index (χ4n) is 2.27. The molecule has 6 heteroatoms. The van der Waals surface area contributed by atoms with Gasteiger partial charge in [0.25, 0.3) is 0 Å². The maximum atomic E-state index is 11.4. The molecule has 2 aromatic heterocycles. The molecule has 0 aliphatic carbocycles. The molecule has 3 rings (SSSR count). The van der Waals surface area contributed by atoms with E-state index in [1.54, 1.807) is 7.11 Å². The topological polar surface area (TPSA) is 79.9 Å². The average Bonchev–Trinajstić information content (AvgIpc) is 2.99. The Kier molecular flexibility index (Phi) is 3.57. The third-order valence-electron chi connectivity index (χ3n) is 3.25. The Balaban J connectivity index is 2.10. The van der Waals surface area contributed by atoms with Crippen LogP contribution in [-0.4, -0.2) is 28.0 Å². The van der Waals surface area contributed by atoms with Crippen molar-refractivity contribution in [2.45, 2.75) is 0 Å². The largest absolute Gasteiger partial charge is 0.480 e. The molecule has 0 atom stereocenters. The highest BCUT2D eigenvalue weighted by molar-refractivity contribution is 6.01. The Hall–Kier alpha value is -3.15. The van der Waals surface area contributed by atoms with Gasteiger partial charge in [-0.3, -0.25) is 4.79 Å². The predicted octanol–water partition coefficient (Wildman–Crippen LogP) is 2.76. The van der Waals surface area contributed by atoms with Gasteiger partial charge >= 0.3 is 0 Å². The molecule has 0 spiro atoms. The van der Waals surface area contributed by atoms with Gasteiger partial charge in [0, 0.05) is 17.4 Å². The molecule has 6 nitrogen and oxygen atoms in total. The third kappa shape index (κ3) is 2.42. The van der Waals surface area contributed by atoms with E-state index in [2.05, 4.69) is 26.8 Å². The zero-order valence-electron chi connectivity index (χ0n) is 12.0. The Bertz CT molecular complexity index is 854. The molecule has 0 bridgehead atoms. The Labute approximate surface area is 126 Å². The van der Waals surface area contributed by atoms with Gasteiger partial charge in [-0.15, -0.1) is 0 Å². The van der Waals surface area contributed by atoms with Crippen LogP contribution in [0.1, 0.15) is 0 Å². The van der Waals surface area contributed by atoms with E-state index in [1.807, 2.05) is 30.5 Å². The molecule has 0 saturated carbocycles. The van der Waals surface area contributed by atoms with Crippen LogP contribution in [0.2, 0.25) is 0 Å². The molecule has 0 radical (unpaired) electrons. The smallest absolute Gasteiger partial charge is 0.247 e. The van der Waals surface area contributed by atoms with E-state index in [-0.39, 0.29) is 5.91 Å². The maximum absolute atomic E-state index is 11.4. The van der Waals surface area contributed by atoms with Crippen LogP contribution in [0.25, 0.3) is 22.2 Å². The summed E-state index contributed by atoms with van der Waals surface area (Å²) in [5.41, 5.74) is 3.21. The second kappa shape index (κ2) is 5.69. The summed E-state index contributed by atoms with van der Waals surface area (Å²) in [6, 6.07) is 7.49. The number of fused-ring (bicyclic) bond motifs is 1. The number of aromatic nitrogens is 3. The van der Waals surface area contributed by atoms with Crippen LogP contribution >= 0.6 is 0 Å². The van der Waals surface area contributed by atoms with Gasteiger partial charge < -0.3 is 15.0 Å². The molecule has 2 N–H and O–H groups in total. The van der Waals surface area contributed by atoms with Gasteiger partial charge in [0.1, 0.15) is 12.0 Å². The maximum Gasteiger partial charge on any atom is 0.247 e. The first-order chi connectivity index (χ1) is 10.7. The second-order valence-electron chi connectivity index (χ2n) is 4.58. The number of benzene rings is 1. The van der Waals surface area contributed by atoms with E-state index in [0.717, 1.165) is 16.5 Å². The van der Waals surface area contributed by atoms with E-state index >= 15 is 0 Å². The van der Waals surface area contributed by atoms with Gasteiger partial charge in [-0.25, -0.2) is 9.97 Å². The van der Waals surface area contributed by atoms with Gasteiger partial charge in [0.15, 0.2) is 0 Å². The third-order valence-corrected chi connectivity index (χ3v) is 3.25. The van der Waals surface area contributed by atoms with Crippen molar-refractivity contribution < 1.29 is 9.53 Å². The predicted molar refractivity (Wildman–Crippen MR) is 84.7 cm³/mol. The van der Waals surface area contributed by atoms with Crippen molar-refractivity contribution >= 4 is 22.6 Å². The van der Waals surface area contributed by atoms with Crippen molar-refractivity contribution in [2.24, 2.45) is 0 Å². The van der Waals surface area contributed by atoms with E-state index in [4.69, 9.17) is 4.74 Å². The van der Waals surface area contributed by atoms with Crippen molar-refractivity contribution in [2.75, 3.05) is 12.4 Å². The lowest BCUT2D eigenvalue weighted by molar-refractivity contribution is -0.111. The highest BCUT2D eigenvalue weighted by Crippen LogP contribution is 2.33. The second-order valence-corrected chi connectivity index (χ2v) is 4.58. The number of carbonyl (C=O) groups excluding carboxylic acids is 1. The van der Waals surface area contributed by atoms with Gasteiger partial charge in [-0.2, -0.15) is 0 Å². The molecular weight excluding hydrogens is 280 g/mol. The first-order valence-electron chi connectivity index (χ1n) is 6.63. The lowest BCUT2D eigenvalue weighted by Crippen LogP contribution is -2.06. The average molecular weight is 294 g/mol. The summed E-state index contributed by atoms with van der Waals surface area (Å²) in [6.07, 6.45) is 4.52. The summed E-state index contributed by atoms with van der Waals surface area (Å²) in [4.78, 5) is 22.8. The minimum absolute atomic E-state index is 0.253. The fraction of sp³-hybridized carbons (Fsp3) is 0.0625. The number of anilines is 1. The Morgan fingerprint density at radius 2 is 2.27 bits per heavy atom. The van der Waals surface area contributed by atoms with E-state index < -0.39 is 0 Å². The SMILES string of the molecule is C=CC(=O)Nc1cccc(-c2c[nH]c3ncnc(OC)c23)c1. The number of ether oxygens (including phenoxy) is 1. The van der Waals surface area contributed by atoms with E-state index in [1.165, 1.54) is 12.4 Å². The number of H-pyrrole nitrogens is 1. The van der Waals surface area contributed by atoms with Crippen LogP contribution in [-0.2, 0) is 4.79 Å². The number of hydrogen-bond acceptors (Lipinski definition) is 4. The van der Waals surface area contributed by atoms with Crippen molar-refractivity contribution in [3.8, 4) is 17.0 Å². The van der Waals surface area contributed by atoms with Gasteiger partial charge in [0.2, 0.25) is 11.8 Å². The number of nitrogens with zero attached hydrogens (tertiary/aromatic N) is 2. The van der Waals surface area contributed by atoms with Crippen molar-refractivity contribution in [3.63, 3.8) is 0 Å². The summed E-state index contributed by atoms with van der Waals surface area (Å²) < 4.78 is 5.31. The van der Waals surface area contributed by atoms with Crippen LogP contribution < -0.4 is 10.1 Å². The number of carbonyl (C=O) groups is 1. The molecule has 0 unspecified atom stereocenters. The van der Waals surface area contributed by atoms with Crippen LogP contribution in [0, 0.1) is 0 Å². The highest BCUT2D eigenvalue weighted by atomic mass is 16.5. The van der Waals surface area contributed by atoms with E-state index in [0.29, 0.717) is 17.2 Å². The summed E-state index contributed by atoms with van der Waals surface area (Å²) in [5.74, 6) is 0.249. The van der Waals surface area contributed by atoms with Crippen LogP contribution in [0.5, 0.6) is 5.88 Å². The van der Waals surface area contributed by atoms with Crippen LogP contribution in [0.4, 0.5) is 5.69 Å². The number of hydrogen-bond donors (Lipinski definition) is 2. The molecule has 3 aromatic rings. The molecule has 1 aromatic carbocycles. The summed E-state index contributed by atoms with van der Waals surface area (Å²) in [6.45, 7) is 3.44. The number of rotatable bonds is 4. The zero-order valence-corrected chi connectivity index (χ0v) is 12.0. The van der Waals surface area contributed by atoms with E-state index in [9.17, 15) is 4.79 Å². The lowest BCUT2D eigenvalue weighted by atomic mass is 10.1. The molecule has 110 valence electrons. The summed E-state index contributed by atoms with van der Waals surface area (Å²) >= 11 is 0. The number of nitrogens with one attached hydrogen (secondary N) is 2. The first kappa shape index (κ1) is 13.8.